The van der Waals surface area contributed by atoms with Gasteiger partial charge in [0.15, 0.2) is 0 Å². The molecule has 1 fully saturated rings. The van der Waals surface area contributed by atoms with Crippen LogP contribution in [0.15, 0.2) is 18.2 Å². The van der Waals surface area contributed by atoms with Crippen LogP contribution in [0.25, 0.3) is 0 Å². The monoisotopic (exact) mass is 300 g/mol. The Kier molecular flexibility index (Phi) is 4.57. The predicted molar refractivity (Wildman–Crippen MR) is 72.2 cm³/mol. The molecule has 0 radical (unpaired) electrons. The average molecular weight is 301 g/mol. The molecule has 5 nitrogen and oxygen atoms in total. The highest BCUT2D eigenvalue weighted by atomic mass is 35.5. The molecule has 0 aliphatic carbocycles. The van der Waals surface area contributed by atoms with Crippen LogP contribution >= 0.6 is 11.6 Å². The summed E-state index contributed by atoms with van der Waals surface area (Å²) in [7, 11) is 0. The van der Waals surface area contributed by atoms with Gasteiger partial charge in [-0.05, 0) is 31.2 Å². The molecule has 20 heavy (non-hydrogen) atoms. The number of rotatable bonds is 4. The second-order valence-electron chi connectivity index (χ2n) is 4.73. The van der Waals surface area contributed by atoms with Crippen molar-refractivity contribution >= 4 is 29.2 Å². The first-order chi connectivity index (χ1) is 9.45. The average Bonchev–Trinajstić information content (AvgIpc) is 2.82. The van der Waals surface area contributed by atoms with Gasteiger partial charge in [-0.15, -0.1) is 0 Å². The zero-order chi connectivity index (χ0) is 14.7. The Morgan fingerprint density at radius 1 is 1.50 bits per heavy atom. The molecule has 1 amide bonds. The van der Waals surface area contributed by atoms with Gasteiger partial charge in [0, 0.05) is 11.6 Å². The molecule has 1 aromatic carbocycles. The summed E-state index contributed by atoms with van der Waals surface area (Å²) in [6, 6.07) is 3.90. The summed E-state index contributed by atoms with van der Waals surface area (Å²) in [4.78, 5) is 24.3. The number of nitrogens with zero attached hydrogens (tertiary/aromatic N) is 1. The molecule has 2 N–H and O–H groups in total. The van der Waals surface area contributed by atoms with E-state index in [0.29, 0.717) is 24.5 Å². The summed E-state index contributed by atoms with van der Waals surface area (Å²) >= 11 is 5.73. The highest BCUT2D eigenvalue weighted by Crippen LogP contribution is 2.20. The second-order valence-corrected chi connectivity index (χ2v) is 5.17. The first-order valence-electron chi connectivity index (χ1n) is 6.16. The van der Waals surface area contributed by atoms with Crippen LogP contribution in [0.5, 0.6) is 0 Å². The minimum Gasteiger partial charge on any atom is -0.481 e. The zero-order valence-corrected chi connectivity index (χ0v) is 11.4. The summed E-state index contributed by atoms with van der Waals surface area (Å²) < 4.78 is 13.4. The molecule has 1 saturated heterocycles. The molecule has 0 bridgehead atoms. The van der Waals surface area contributed by atoms with Crippen molar-refractivity contribution in [2.75, 3.05) is 25.0 Å². The maximum atomic E-state index is 13.4. The summed E-state index contributed by atoms with van der Waals surface area (Å²) in [6.07, 6.45) is 0.522. The topological polar surface area (TPSA) is 69.6 Å². The van der Waals surface area contributed by atoms with Crippen LogP contribution in [0, 0.1) is 11.7 Å². The Morgan fingerprint density at radius 3 is 2.90 bits per heavy atom. The number of hydrogen-bond donors (Lipinski definition) is 2. The number of halogens is 2. The number of carbonyl (C=O) groups is 2. The number of benzene rings is 1. The number of aliphatic carboxylic acids is 1. The maximum Gasteiger partial charge on any atom is 0.307 e. The van der Waals surface area contributed by atoms with E-state index in [1.165, 1.54) is 18.2 Å². The molecule has 7 heteroatoms. The molecule has 1 aromatic rings. The van der Waals surface area contributed by atoms with Crippen LogP contribution in [-0.2, 0) is 9.59 Å². The Bertz CT molecular complexity index is 538. The van der Waals surface area contributed by atoms with Crippen molar-refractivity contribution in [3.63, 3.8) is 0 Å². The molecule has 1 aliphatic heterocycles. The van der Waals surface area contributed by atoms with Gasteiger partial charge in [0.1, 0.15) is 5.82 Å². The van der Waals surface area contributed by atoms with Gasteiger partial charge in [0.2, 0.25) is 5.91 Å². The summed E-state index contributed by atoms with van der Waals surface area (Å²) in [5, 5.41) is 11.6. The number of nitrogens with one attached hydrogen (secondary N) is 1. The highest BCUT2D eigenvalue weighted by molar-refractivity contribution is 6.30. The fourth-order valence-electron chi connectivity index (χ4n) is 2.16. The first-order valence-corrected chi connectivity index (χ1v) is 6.53. The normalized spacial score (nSPS) is 19.0. The molecule has 1 atom stereocenters. The minimum atomic E-state index is -0.853. The van der Waals surface area contributed by atoms with Gasteiger partial charge < -0.3 is 10.4 Å². The molecule has 0 saturated carbocycles. The number of amides is 1. The van der Waals surface area contributed by atoms with Crippen molar-refractivity contribution < 1.29 is 19.1 Å². The van der Waals surface area contributed by atoms with Crippen molar-refractivity contribution in [2.45, 2.75) is 6.42 Å². The van der Waals surface area contributed by atoms with Gasteiger partial charge in [-0.1, -0.05) is 11.6 Å². The van der Waals surface area contributed by atoms with E-state index in [2.05, 4.69) is 5.32 Å². The minimum absolute atomic E-state index is 0.0245. The van der Waals surface area contributed by atoms with Crippen LogP contribution in [0.3, 0.4) is 0 Å². The zero-order valence-electron chi connectivity index (χ0n) is 10.6. The van der Waals surface area contributed by atoms with E-state index in [0.717, 1.165) is 0 Å². The van der Waals surface area contributed by atoms with Crippen LogP contribution < -0.4 is 5.32 Å². The molecule has 1 aliphatic rings. The van der Waals surface area contributed by atoms with Crippen molar-refractivity contribution in [3.8, 4) is 0 Å². The Balaban J connectivity index is 1.90. The van der Waals surface area contributed by atoms with Crippen molar-refractivity contribution in [3.05, 3.63) is 29.0 Å². The van der Waals surface area contributed by atoms with Crippen LogP contribution in [0.1, 0.15) is 6.42 Å². The fourth-order valence-corrected chi connectivity index (χ4v) is 2.34. The van der Waals surface area contributed by atoms with E-state index in [4.69, 9.17) is 16.7 Å². The quantitative estimate of drug-likeness (QED) is 0.890. The third kappa shape index (κ3) is 3.68. The maximum absolute atomic E-state index is 13.4. The van der Waals surface area contributed by atoms with E-state index in [1.54, 1.807) is 4.90 Å². The molecule has 1 unspecified atom stereocenters. The lowest BCUT2D eigenvalue weighted by molar-refractivity contribution is -0.141. The number of hydrogen-bond acceptors (Lipinski definition) is 3. The smallest absolute Gasteiger partial charge is 0.307 e. The van der Waals surface area contributed by atoms with Gasteiger partial charge >= 0.3 is 5.97 Å². The standard InChI is InChI=1S/C13H14ClFN2O3/c14-9-1-2-10(15)11(5-9)16-12(18)7-17-4-3-8(6-17)13(19)20/h1-2,5,8H,3-4,6-7H2,(H,16,18)(H,19,20). The van der Waals surface area contributed by atoms with E-state index in [1.807, 2.05) is 0 Å². The summed E-state index contributed by atoms with van der Waals surface area (Å²) in [5.41, 5.74) is 0.0245. The van der Waals surface area contributed by atoms with Crippen molar-refractivity contribution in [2.24, 2.45) is 5.92 Å². The molecular formula is C13H14ClFN2O3. The lowest BCUT2D eigenvalue weighted by Gasteiger charge is -2.15. The number of likely N-dealkylation sites (tertiary alicyclic amines) is 1. The van der Waals surface area contributed by atoms with E-state index in [9.17, 15) is 14.0 Å². The fraction of sp³-hybridized carbons (Fsp3) is 0.385. The number of carbonyl (C=O) groups excluding carboxylic acids is 1. The van der Waals surface area contributed by atoms with Gasteiger partial charge in [-0.3, -0.25) is 14.5 Å². The molecule has 1 heterocycles. The molecule has 2 rings (SSSR count). The predicted octanol–water partition coefficient (Wildman–Crippen LogP) is 1.82. The third-order valence-electron chi connectivity index (χ3n) is 3.19. The summed E-state index contributed by atoms with van der Waals surface area (Å²) in [6.45, 7) is 0.916. The van der Waals surface area contributed by atoms with Crippen LogP contribution in [0.2, 0.25) is 5.02 Å². The van der Waals surface area contributed by atoms with Crippen LogP contribution in [0.4, 0.5) is 10.1 Å². The van der Waals surface area contributed by atoms with E-state index < -0.39 is 23.6 Å². The van der Waals surface area contributed by atoms with Gasteiger partial charge in [-0.2, -0.15) is 0 Å². The Labute approximate surface area is 120 Å². The first kappa shape index (κ1) is 14.7. The lowest BCUT2D eigenvalue weighted by atomic mass is 10.1. The third-order valence-corrected chi connectivity index (χ3v) is 3.43. The molecule has 108 valence electrons. The van der Waals surface area contributed by atoms with Crippen molar-refractivity contribution in [1.82, 2.24) is 4.90 Å². The Morgan fingerprint density at radius 2 is 2.25 bits per heavy atom. The van der Waals surface area contributed by atoms with Gasteiger partial charge in [0.05, 0.1) is 18.2 Å². The number of carboxylic acids is 1. The Hall–Kier alpha value is -1.66. The SMILES string of the molecule is O=C(CN1CCC(C(=O)O)C1)Nc1cc(Cl)ccc1F. The molecular weight excluding hydrogens is 287 g/mol. The largest absolute Gasteiger partial charge is 0.481 e. The number of anilines is 1. The highest BCUT2D eigenvalue weighted by Gasteiger charge is 2.28. The molecule has 0 spiro atoms. The second kappa shape index (κ2) is 6.19. The molecule has 0 aromatic heterocycles. The lowest BCUT2D eigenvalue weighted by Crippen LogP contribution is -2.32. The van der Waals surface area contributed by atoms with Crippen LogP contribution in [-0.4, -0.2) is 41.5 Å². The van der Waals surface area contributed by atoms with E-state index in [-0.39, 0.29) is 12.2 Å². The number of carboxylic acid groups (broad SMARTS) is 1. The van der Waals surface area contributed by atoms with E-state index >= 15 is 0 Å². The summed E-state index contributed by atoms with van der Waals surface area (Å²) in [5.74, 6) is -2.25. The van der Waals surface area contributed by atoms with Gasteiger partial charge in [0.25, 0.3) is 0 Å². The van der Waals surface area contributed by atoms with Gasteiger partial charge in [-0.25, -0.2) is 4.39 Å². The van der Waals surface area contributed by atoms with Crippen molar-refractivity contribution in [1.29, 1.82) is 0 Å².